The van der Waals surface area contributed by atoms with Crippen molar-refractivity contribution >= 4 is 29.9 Å². The average molecular weight is 329 g/mol. The van der Waals surface area contributed by atoms with Crippen molar-refractivity contribution in [2.75, 3.05) is 26.3 Å². The molecule has 0 aromatic heterocycles. The number of hydrogen-bond donors (Lipinski definition) is 1. The molecule has 0 saturated carbocycles. The van der Waals surface area contributed by atoms with E-state index in [4.69, 9.17) is 5.73 Å². The normalized spacial score (nSPS) is 22.4. The summed E-state index contributed by atoms with van der Waals surface area (Å²) < 4.78 is 11.8. The molecule has 0 bridgehead atoms. The van der Waals surface area contributed by atoms with Gasteiger partial charge in [0.1, 0.15) is 0 Å². The zero-order chi connectivity index (χ0) is 10.4. The predicted octanol–water partition coefficient (Wildman–Crippen LogP) is 2.01. The number of aliphatic imine (C=N–C) groups is 1. The first-order chi connectivity index (χ1) is 6.74. The molecule has 1 saturated heterocycles. The van der Waals surface area contributed by atoms with Crippen molar-refractivity contribution in [1.29, 1.82) is 0 Å². The minimum Gasteiger partial charge on any atom is -0.370 e. The Hall–Kier alpha value is -0.0700. The highest BCUT2D eigenvalue weighted by Crippen LogP contribution is 2.14. The van der Waals surface area contributed by atoms with Crippen molar-refractivity contribution in [3.63, 3.8) is 0 Å². The van der Waals surface area contributed by atoms with Crippen molar-refractivity contribution < 1.29 is 4.39 Å². The molecule has 15 heavy (non-hydrogen) atoms. The first-order valence-electron chi connectivity index (χ1n) is 5.35. The van der Waals surface area contributed by atoms with E-state index in [1.807, 2.05) is 0 Å². The van der Waals surface area contributed by atoms with Crippen LogP contribution in [-0.4, -0.2) is 37.2 Å². The minimum absolute atomic E-state index is 0. The fourth-order valence-corrected chi connectivity index (χ4v) is 1.75. The molecule has 1 fully saturated rings. The van der Waals surface area contributed by atoms with Gasteiger partial charge in [-0.15, -0.1) is 24.0 Å². The summed E-state index contributed by atoms with van der Waals surface area (Å²) in [7, 11) is 0. The van der Waals surface area contributed by atoms with Crippen LogP contribution in [0.25, 0.3) is 0 Å². The number of nitrogens with two attached hydrogens (primary N) is 1. The van der Waals surface area contributed by atoms with Gasteiger partial charge in [-0.1, -0.05) is 6.92 Å². The van der Waals surface area contributed by atoms with E-state index in [2.05, 4.69) is 16.8 Å². The summed E-state index contributed by atoms with van der Waals surface area (Å²) in [4.78, 5) is 6.26. The number of nitrogens with zero attached hydrogens (tertiary/aromatic N) is 2. The summed E-state index contributed by atoms with van der Waals surface area (Å²) in [5.74, 6) is 1.28. The summed E-state index contributed by atoms with van der Waals surface area (Å²) in [6.45, 7) is 4.40. The zero-order valence-electron chi connectivity index (χ0n) is 9.29. The molecular formula is C10H21FIN3. The van der Waals surface area contributed by atoms with Crippen LogP contribution >= 0.6 is 24.0 Å². The largest absolute Gasteiger partial charge is 0.370 e. The average Bonchev–Trinajstić information content (AvgIpc) is 2.18. The number of alkyl halides is 1. The monoisotopic (exact) mass is 329 g/mol. The Morgan fingerprint density at radius 2 is 2.33 bits per heavy atom. The van der Waals surface area contributed by atoms with Gasteiger partial charge in [0.05, 0.1) is 6.67 Å². The third-order valence-corrected chi connectivity index (χ3v) is 2.55. The van der Waals surface area contributed by atoms with Gasteiger partial charge in [-0.2, -0.15) is 0 Å². The van der Waals surface area contributed by atoms with Crippen molar-refractivity contribution in [3.05, 3.63) is 0 Å². The van der Waals surface area contributed by atoms with Crippen LogP contribution in [0.5, 0.6) is 0 Å². The molecule has 1 aliphatic rings. The maximum absolute atomic E-state index is 11.8. The number of rotatable bonds is 3. The van der Waals surface area contributed by atoms with Crippen LogP contribution in [0.1, 0.15) is 26.2 Å². The molecule has 1 unspecified atom stereocenters. The molecule has 90 valence electrons. The molecule has 5 heteroatoms. The van der Waals surface area contributed by atoms with Gasteiger partial charge in [0, 0.05) is 19.6 Å². The lowest BCUT2D eigenvalue weighted by Gasteiger charge is -2.31. The highest BCUT2D eigenvalue weighted by Gasteiger charge is 2.17. The molecule has 1 aliphatic heterocycles. The van der Waals surface area contributed by atoms with E-state index in [-0.39, 0.29) is 30.7 Å². The van der Waals surface area contributed by atoms with E-state index in [0.29, 0.717) is 24.8 Å². The Balaban J connectivity index is 0.00000196. The second-order valence-electron chi connectivity index (χ2n) is 3.98. The van der Waals surface area contributed by atoms with Crippen molar-refractivity contribution in [2.24, 2.45) is 16.6 Å². The van der Waals surface area contributed by atoms with Gasteiger partial charge in [-0.3, -0.25) is 9.38 Å². The predicted molar refractivity (Wildman–Crippen MR) is 72.5 cm³/mol. The number of guanidine groups is 1. The lowest BCUT2D eigenvalue weighted by Crippen LogP contribution is -2.43. The van der Waals surface area contributed by atoms with E-state index in [1.165, 1.54) is 12.8 Å². The molecular weight excluding hydrogens is 308 g/mol. The Kier molecular flexibility index (Phi) is 8.09. The summed E-state index contributed by atoms with van der Waals surface area (Å²) in [5.41, 5.74) is 5.80. The second-order valence-corrected chi connectivity index (χ2v) is 3.98. The summed E-state index contributed by atoms with van der Waals surface area (Å²) in [6, 6.07) is 0. The number of piperidine rings is 1. The second kappa shape index (κ2) is 8.13. The highest BCUT2D eigenvalue weighted by molar-refractivity contribution is 14.0. The standard InChI is InChI=1S/C10H20FN3.HI/c1-9-4-2-7-14(8-9)10(12)13-6-3-5-11;/h9H,2-8H2,1H3,(H2,12,13);1H. The van der Waals surface area contributed by atoms with Gasteiger partial charge in [0.15, 0.2) is 5.96 Å². The lowest BCUT2D eigenvalue weighted by atomic mass is 10.0. The van der Waals surface area contributed by atoms with E-state index in [1.54, 1.807) is 0 Å². The lowest BCUT2D eigenvalue weighted by molar-refractivity contribution is 0.270. The summed E-state index contributed by atoms with van der Waals surface area (Å²) >= 11 is 0. The van der Waals surface area contributed by atoms with Crippen LogP contribution in [0.4, 0.5) is 4.39 Å². The highest BCUT2D eigenvalue weighted by atomic mass is 127. The Morgan fingerprint density at radius 3 is 2.93 bits per heavy atom. The van der Waals surface area contributed by atoms with Crippen molar-refractivity contribution in [3.8, 4) is 0 Å². The maximum Gasteiger partial charge on any atom is 0.191 e. The molecule has 0 radical (unpaired) electrons. The van der Waals surface area contributed by atoms with Gasteiger partial charge >= 0.3 is 0 Å². The minimum atomic E-state index is -0.312. The number of hydrogen-bond acceptors (Lipinski definition) is 1. The SMILES string of the molecule is CC1CCCN(C(N)=NCCCF)C1.I. The van der Waals surface area contributed by atoms with Crippen LogP contribution in [0.15, 0.2) is 4.99 Å². The van der Waals surface area contributed by atoms with Crippen molar-refractivity contribution in [1.82, 2.24) is 4.90 Å². The van der Waals surface area contributed by atoms with E-state index < -0.39 is 0 Å². The summed E-state index contributed by atoms with van der Waals surface area (Å²) in [6.07, 6.45) is 2.93. The van der Waals surface area contributed by atoms with E-state index >= 15 is 0 Å². The molecule has 3 nitrogen and oxygen atoms in total. The molecule has 1 heterocycles. The quantitative estimate of drug-likeness (QED) is 0.372. The topological polar surface area (TPSA) is 41.6 Å². The van der Waals surface area contributed by atoms with Crippen LogP contribution in [0.3, 0.4) is 0 Å². The molecule has 0 aromatic rings. The van der Waals surface area contributed by atoms with Gasteiger partial charge in [0.2, 0.25) is 0 Å². The number of likely N-dealkylation sites (tertiary alicyclic amines) is 1. The first-order valence-corrected chi connectivity index (χ1v) is 5.35. The fraction of sp³-hybridized carbons (Fsp3) is 0.900. The van der Waals surface area contributed by atoms with E-state index in [0.717, 1.165) is 13.1 Å². The smallest absolute Gasteiger partial charge is 0.191 e. The van der Waals surface area contributed by atoms with Gasteiger partial charge in [0.25, 0.3) is 0 Å². The fourth-order valence-electron chi connectivity index (χ4n) is 1.75. The third kappa shape index (κ3) is 5.53. The van der Waals surface area contributed by atoms with Gasteiger partial charge in [-0.25, -0.2) is 0 Å². The molecule has 1 rings (SSSR count). The Bertz CT molecular complexity index is 199. The van der Waals surface area contributed by atoms with Crippen LogP contribution < -0.4 is 5.73 Å². The summed E-state index contributed by atoms with van der Waals surface area (Å²) in [5, 5.41) is 0. The van der Waals surface area contributed by atoms with Crippen LogP contribution in [0, 0.1) is 5.92 Å². The molecule has 0 spiro atoms. The molecule has 1 atom stereocenters. The first kappa shape index (κ1) is 14.9. The van der Waals surface area contributed by atoms with Gasteiger partial charge in [-0.05, 0) is 25.2 Å². The molecule has 0 aliphatic carbocycles. The number of halogens is 2. The zero-order valence-corrected chi connectivity index (χ0v) is 11.6. The van der Waals surface area contributed by atoms with Gasteiger partial charge < -0.3 is 10.6 Å². The molecule has 0 aromatic carbocycles. The molecule has 2 N–H and O–H groups in total. The third-order valence-electron chi connectivity index (χ3n) is 2.55. The van der Waals surface area contributed by atoms with Crippen molar-refractivity contribution in [2.45, 2.75) is 26.2 Å². The Labute approximate surface area is 108 Å². The van der Waals surface area contributed by atoms with E-state index in [9.17, 15) is 4.39 Å². The molecule has 0 amide bonds. The Morgan fingerprint density at radius 1 is 1.60 bits per heavy atom. The van der Waals surface area contributed by atoms with Crippen LogP contribution in [-0.2, 0) is 0 Å². The maximum atomic E-state index is 11.8. The van der Waals surface area contributed by atoms with Crippen LogP contribution in [0.2, 0.25) is 0 Å².